The second-order valence-electron chi connectivity index (χ2n) is 7.99. The van der Waals surface area contributed by atoms with Crippen LogP contribution in [0, 0.1) is 6.92 Å². The van der Waals surface area contributed by atoms with Gasteiger partial charge in [0.15, 0.2) is 34.6 Å². The lowest BCUT2D eigenvalue weighted by atomic mass is 10.4. The molecule has 37 heavy (non-hydrogen) atoms. The second-order valence-corrected chi connectivity index (χ2v) is 7.99. The molecule has 0 atom stereocenters. The van der Waals surface area contributed by atoms with Gasteiger partial charge < -0.3 is 29.4 Å². The van der Waals surface area contributed by atoms with Crippen LogP contribution < -0.4 is 10.6 Å². The maximum atomic E-state index is 12.8. The van der Waals surface area contributed by atoms with Gasteiger partial charge in [-0.25, -0.2) is 29.9 Å². The molecule has 188 valence electrons. The minimum Gasteiger partial charge on any atom is -0.465 e. The van der Waals surface area contributed by atoms with Crippen LogP contribution in [0.5, 0.6) is 0 Å². The van der Waals surface area contributed by atoms with Crippen molar-refractivity contribution in [1.82, 2.24) is 39.9 Å². The van der Waals surface area contributed by atoms with Crippen LogP contribution in [0.15, 0.2) is 45.8 Å². The summed E-state index contributed by atoms with van der Waals surface area (Å²) >= 11 is 0. The Morgan fingerprint density at radius 3 is 2.35 bits per heavy atom. The van der Waals surface area contributed by atoms with Crippen LogP contribution in [0.3, 0.4) is 0 Å². The summed E-state index contributed by atoms with van der Waals surface area (Å²) in [6.45, 7) is 2.22. The molecule has 6 rings (SSSR count). The van der Waals surface area contributed by atoms with E-state index in [0.717, 1.165) is 17.6 Å². The molecule has 0 spiro atoms. The van der Waals surface area contributed by atoms with Crippen LogP contribution in [0.25, 0.3) is 34.0 Å². The summed E-state index contributed by atoms with van der Waals surface area (Å²) in [6.07, 6.45) is -1.75. The van der Waals surface area contributed by atoms with E-state index in [9.17, 15) is 13.2 Å². The van der Waals surface area contributed by atoms with Crippen molar-refractivity contribution >= 4 is 34.0 Å². The van der Waals surface area contributed by atoms with E-state index in [2.05, 4.69) is 50.5 Å². The monoisotopic (exact) mass is 510 g/mol. The molecule has 0 radical (unpaired) electrons. The molecular formula is C22H17F3N10O2. The van der Waals surface area contributed by atoms with E-state index in [1.807, 2.05) is 19.1 Å². The van der Waals surface area contributed by atoms with E-state index < -0.39 is 11.9 Å². The molecular weight excluding hydrogens is 493 g/mol. The van der Waals surface area contributed by atoms with Gasteiger partial charge in [-0.05, 0) is 31.2 Å². The van der Waals surface area contributed by atoms with Gasteiger partial charge in [-0.1, -0.05) is 0 Å². The third-order valence-electron chi connectivity index (χ3n) is 5.38. The molecule has 0 aliphatic heterocycles. The van der Waals surface area contributed by atoms with E-state index in [-0.39, 0.29) is 18.1 Å². The zero-order valence-electron chi connectivity index (χ0n) is 19.0. The van der Waals surface area contributed by atoms with Gasteiger partial charge in [0, 0.05) is 0 Å². The van der Waals surface area contributed by atoms with E-state index in [1.165, 1.54) is 18.7 Å². The highest BCUT2D eigenvalue weighted by Crippen LogP contribution is 2.31. The fraction of sp³-hybridized carbons (Fsp3) is 0.182. The molecule has 6 aromatic rings. The highest BCUT2D eigenvalue weighted by Gasteiger charge is 2.34. The Kier molecular flexibility index (Phi) is 5.24. The fourth-order valence-electron chi connectivity index (χ4n) is 3.68. The third-order valence-corrected chi connectivity index (χ3v) is 5.38. The lowest BCUT2D eigenvalue weighted by Crippen LogP contribution is -2.05. The summed E-state index contributed by atoms with van der Waals surface area (Å²) in [4.78, 5) is 32.1. The van der Waals surface area contributed by atoms with Crippen molar-refractivity contribution < 1.29 is 22.0 Å². The summed E-state index contributed by atoms with van der Waals surface area (Å²) in [7, 11) is 0. The molecule has 4 N–H and O–H groups in total. The van der Waals surface area contributed by atoms with Crippen molar-refractivity contribution in [2.45, 2.75) is 26.2 Å². The first kappa shape index (κ1) is 22.5. The van der Waals surface area contributed by atoms with Crippen molar-refractivity contribution in [3.63, 3.8) is 0 Å². The van der Waals surface area contributed by atoms with E-state index >= 15 is 0 Å². The van der Waals surface area contributed by atoms with Crippen LogP contribution in [0.2, 0.25) is 0 Å². The Morgan fingerprint density at radius 2 is 1.59 bits per heavy atom. The Balaban J connectivity index is 1.29. The Morgan fingerprint density at radius 1 is 0.838 bits per heavy atom. The summed E-state index contributed by atoms with van der Waals surface area (Å²) in [5.41, 5.74) is 1.73. The summed E-state index contributed by atoms with van der Waals surface area (Å²) in [5.74, 6) is 1.87. The molecule has 6 aromatic heterocycles. The SMILES string of the molecule is Cc1ccc(CNc2ncnc3nc(-c4nc(NCc5ccc(C(F)(F)F)o5)c5[nH]cnc5n4)[nH]c23)o1. The predicted octanol–water partition coefficient (Wildman–Crippen LogP) is 4.42. The van der Waals surface area contributed by atoms with Crippen LogP contribution >= 0.6 is 0 Å². The number of aryl methyl sites for hydroxylation is 1. The zero-order valence-corrected chi connectivity index (χ0v) is 19.0. The number of alkyl halides is 3. The first-order valence-electron chi connectivity index (χ1n) is 10.9. The van der Waals surface area contributed by atoms with E-state index in [4.69, 9.17) is 8.83 Å². The minimum atomic E-state index is -4.56. The van der Waals surface area contributed by atoms with Gasteiger partial charge in [0.1, 0.15) is 34.6 Å². The molecule has 15 heteroatoms. The largest absolute Gasteiger partial charge is 0.465 e. The van der Waals surface area contributed by atoms with Gasteiger partial charge in [-0.15, -0.1) is 0 Å². The van der Waals surface area contributed by atoms with Gasteiger partial charge in [-0.2, -0.15) is 13.2 Å². The number of anilines is 2. The normalized spacial score (nSPS) is 12.0. The quantitative estimate of drug-likeness (QED) is 0.242. The van der Waals surface area contributed by atoms with Gasteiger partial charge in [0.25, 0.3) is 0 Å². The number of aromatic amines is 2. The maximum Gasteiger partial charge on any atom is 0.449 e. The number of nitrogens with one attached hydrogen (secondary N) is 4. The molecule has 12 nitrogen and oxygen atoms in total. The van der Waals surface area contributed by atoms with Crippen molar-refractivity contribution in [1.29, 1.82) is 0 Å². The fourth-order valence-corrected chi connectivity index (χ4v) is 3.68. The van der Waals surface area contributed by atoms with Gasteiger partial charge in [0.05, 0.1) is 19.4 Å². The summed E-state index contributed by atoms with van der Waals surface area (Å²) < 4.78 is 49.0. The summed E-state index contributed by atoms with van der Waals surface area (Å²) in [6, 6.07) is 5.87. The number of imidazole rings is 2. The molecule has 0 aromatic carbocycles. The standard InChI is InChI=1S/C22H17F3N10O2/c1-10-2-3-11(36-10)6-26-16-15-19(31-9-29-16)35-20(32-15)21-33-17(14-18(34-21)30-8-28-14)27-7-12-4-5-13(37-12)22(23,24)25/h2-5,8-9H,6-7H2,1H3,(H2,26,29,31,32,35)(H2,27,28,30,33,34). The highest BCUT2D eigenvalue weighted by atomic mass is 19.4. The average Bonchev–Trinajstić information content (AvgIpc) is 3.66. The topological polar surface area (TPSA) is 159 Å². The van der Waals surface area contributed by atoms with Crippen LogP contribution in [0.4, 0.5) is 24.8 Å². The van der Waals surface area contributed by atoms with Crippen LogP contribution in [0.1, 0.15) is 23.0 Å². The molecule has 0 aliphatic carbocycles. The number of aromatic nitrogens is 8. The predicted molar refractivity (Wildman–Crippen MR) is 124 cm³/mol. The number of H-pyrrole nitrogens is 2. The average molecular weight is 510 g/mol. The molecule has 0 fully saturated rings. The number of halogens is 3. The smallest absolute Gasteiger partial charge is 0.449 e. The molecule has 0 saturated heterocycles. The number of hydrogen-bond donors (Lipinski definition) is 4. The van der Waals surface area contributed by atoms with Crippen LogP contribution in [-0.2, 0) is 19.3 Å². The van der Waals surface area contributed by atoms with Gasteiger partial charge in [-0.3, -0.25) is 0 Å². The second kappa shape index (κ2) is 8.61. The number of nitrogens with zero attached hydrogens (tertiary/aromatic N) is 6. The number of rotatable bonds is 7. The zero-order chi connectivity index (χ0) is 25.6. The number of hydrogen-bond acceptors (Lipinski definition) is 10. The van der Waals surface area contributed by atoms with E-state index in [0.29, 0.717) is 46.3 Å². The molecule has 0 saturated carbocycles. The number of fused-ring (bicyclic) bond motifs is 2. The molecule has 6 heterocycles. The molecule has 0 unspecified atom stereocenters. The lowest BCUT2D eigenvalue weighted by molar-refractivity contribution is -0.153. The van der Waals surface area contributed by atoms with Crippen molar-refractivity contribution in [2.75, 3.05) is 10.6 Å². The van der Waals surface area contributed by atoms with Gasteiger partial charge >= 0.3 is 6.18 Å². The number of furan rings is 2. The van der Waals surface area contributed by atoms with Crippen LogP contribution in [-0.4, -0.2) is 39.9 Å². The molecule has 0 bridgehead atoms. The van der Waals surface area contributed by atoms with Crippen molar-refractivity contribution in [3.05, 3.63) is 60.0 Å². The highest BCUT2D eigenvalue weighted by molar-refractivity contribution is 5.87. The lowest BCUT2D eigenvalue weighted by Gasteiger charge is -2.06. The summed E-state index contributed by atoms with van der Waals surface area (Å²) in [5, 5.41) is 6.17. The molecule has 0 aliphatic rings. The van der Waals surface area contributed by atoms with E-state index in [1.54, 1.807) is 0 Å². The van der Waals surface area contributed by atoms with Crippen molar-refractivity contribution in [2.24, 2.45) is 0 Å². The first-order valence-corrected chi connectivity index (χ1v) is 10.9. The Bertz CT molecular complexity index is 1710. The third kappa shape index (κ3) is 4.41. The van der Waals surface area contributed by atoms with Crippen molar-refractivity contribution in [3.8, 4) is 11.6 Å². The van der Waals surface area contributed by atoms with Gasteiger partial charge in [0.2, 0.25) is 5.76 Å². The maximum absolute atomic E-state index is 12.8. The Hall–Kier alpha value is -4.95. The minimum absolute atomic E-state index is 0.0490. The Labute approximate surface area is 204 Å². The molecule has 0 amide bonds. The first-order chi connectivity index (χ1) is 17.8.